The summed E-state index contributed by atoms with van der Waals surface area (Å²) >= 11 is 1.79. The molecule has 0 radical (unpaired) electrons. The zero-order valence-corrected chi connectivity index (χ0v) is 13.5. The average molecular weight is 322 g/mol. The van der Waals surface area contributed by atoms with Crippen LogP contribution < -0.4 is 0 Å². The molecule has 20 heavy (non-hydrogen) atoms. The minimum atomic E-state index is -3.46. The van der Waals surface area contributed by atoms with Gasteiger partial charge in [-0.1, -0.05) is 6.92 Å². The monoisotopic (exact) mass is 322 g/mol. The van der Waals surface area contributed by atoms with Gasteiger partial charge in [0.25, 0.3) is 10.2 Å². The van der Waals surface area contributed by atoms with Crippen LogP contribution in [0.5, 0.6) is 0 Å². The van der Waals surface area contributed by atoms with Crippen molar-refractivity contribution in [3.8, 4) is 0 Å². The third-order valence-electron chi connectivity index (χ3n) is 4.25. The van der Waals surface area contributed by atoms with Crippen LogP contribution in [-0.2, 0) is 15.0 Å². The van der Waals surface area contributed by atoms with Gasteiger partial charge in [0.05, 0.1) is 5.92 Å². The normalized spacial score (nSPS) is 31.3. The van der Waals surface area contributed by atoms with E-state index in [4.69, 9.17) is 5.11 Å². The molecule has 2 rings (SSSR count). The van der Waals surface area contributed by atoms with Crippen molar-refractivity contribution in [2.45, 2.75) is 38.0 Å². The average Bonchev–Trinajstić information content (AvgIpc) is 2.41. The number of thioether (sulfide) groups is 1. The quantitative estimate of drug-likeness (QED) is 0.833. The fourth-order valence-electron chi connectivity index (χ4n) is 2.71. The Morgan fingerprint density at radius 1 is 1.20 bits per heavy atom. The maximum atomic E-state index is 12.7. The lowest BCUT2D eigenvalue weighted by Crippen LogP contribution is -2.55. The maximum absolute atomic E-state index is 12.7. The second-order valence-corrected chi connectivity index (χ2v) is 8.81. The predicted octanol–water partition coefficient (Wildman–Crippen LogP) is 0.854. The first-order valence-electron chi connectivity index (χ1n) is 6.95. The van der Waals surface area contributed by atoms with Crippen LogP contribution in [0, 0.1) is 5.92 Å². The van der Waals surface area contributed by atoms with Crippen LogP contribution in [0.1, 0.15) is 26.7 Å². The summed E-state index contributed by atoms with van der Waals surface area (Å²) in [6.07, 6.45) is 0.808. The molecule has 116 valence electrons. The SMILES string of the molecule is CC1SCCN(S(=O)(=O)N2CCC(C(=O)O)CC2)C1C. The summed E-state index contributed by atoms with van der Waals surface area (Å²) in [6, 6.07) is -0.0176. The summed E-state index contributed by atoms with van der Waals surface area (Å²) in [5.74, 6) is -0.413. The molecule has 0 spiro atoms. The number of hydrogen-bond donors (Lipinski definition) is 1. The van der Waals surface area contributed by atoms with Crippen LogP contribution in [0.3, 0.4) is 0 Å². The number of hydrogen-bond acceptors (Lipinski definition) is 4. The lowest BCUT2D eigenvalue weighted by molar-refractivity contribution is -0.142. The number of carboxylic acid groups (broad SMARTS) is 1. The molecule has 2 heterocycles. The van der Waals surface area contributed by atoms with E-state index in [1.54, 1.807) is 16.1 Å². The molecule has 2 fully saturated rings. The Morgan fingerprint density at radius 3 is 2.35 bits per heavy atom. The maximum Gasteiger partial charge on any atom is 0.306 e. The zero-order valence-electron chi connectivity index (χ0n) is 11.9. The topological polar surface area (TPSA) is 77.9 Å². The van der Waals surface area contributed by atoms with E-state index in [1.807, 2.05) is 13.8 Å². The van der Waals surface area contributed by atoms with Gasteiger partial charge >= 0.3 is 5.97 Å². The molecular formula is C12H22N2O4S2. The largest absolute Gasteiger partial charge is 0.481 e. The van der Waals surface area contributed by atoms with Crippen molar-refractivity contribution in [3.05, 3.63) is 0 Å². The molecule has 8 heteroatoms. The molecule has 0 aromatic carbocycles. The van der Waals surface area contributed by atoms with Crippen LogP contribution in [0.2, 0.25) is 0 Å². The van der Waals surface area contributed by atoms with Gasteiger partial charge in [0.15, 0.2) is 0 Å². The first kappa shape index (κ1) is 16.1. The summed E-state index contributed by atoms with van der Waals surface area (Å²) < 4.78 is 28.4. The number of carboxylic acids is 1. The Bertz CT molecular complexity index is 460. The number of piperidine rings is 1. The molecule has 0 aliphatic carbocycles. The van der Waals surface area contributed by atoms with Gasteiger partial charge in [-0.05, 0) is 19.8 Å². The highest BCUT2D eigenvalue weighted by atomic mass is 32.2. The van der Waals surface area contributed by atoms with E-state index in [-0.39, 0.29) is 11.3 Å². The Hall–Kier alpha value is -0.310. The van der Waals surface area contributed by atoms with Crippen molar-refractivity contribution in [2.75, 3.05) is 25.4 Å². The summed E-state index contributed by atoms with van der Waals surface area (Å²) in [7, 11) is -3.46. The van der Waals surface area contributed by atoms with Gasteiger partial charge in [-0.15, -0.1) is 0 Å². The minimum Gasteiger partial charge on any atom is -0.481 e. The van der Waals surface area contributed by atoms with Crippen molar-refractivity contribution in [1.82, 2.24) is 8.61 Å². The molecule has 2 unspecified atom stereocenters. The third kappa shape index (κ3) is 3.13. The van der Waals surface area contributed by atoms with Crippen molar-refractivity contribution in [2.24, 2.45) is 5.92 Å². The second kappa shape index (κ2) is 6.21. The fourth-order valence-corrected chi connectivity index (χ4v) is 5.90. The smallest absolute Gasteiger partial charge is 0.306 e. The van der Waals surface area contributed by atoms with Gasteiger partial charge in [0.2, 0.25) is 0 Å². The molecule has 0 aromatic heterocycles. The highest BCUT2D eigenvalue weighted by molar-refractivity contribution is 8.00. The molecular weight excluding hydrogens is 300 g/mol. The Labute approximate surface area is 124 Å². The van der Waals surface area contributed by atoms with Crippen molar-refractivity contribution < 1.29 is 18.3 Å². The van der Waals surface area contributed by atoms with Crippen LogP contribution >= 0.6 is 11.8 Å². The van der Waals surface area contributed by atoms with Crippen molar-refractivity contribution in [3.63, 3.8) is 0 Å². The van der Waals surface area contributed by atoms with Gasteiger partial charge in [-0.3, -0.25) is 4.79 Å². The number of aliphatic carboxylic acids is 1. The van der Waals surface area contributed by atoms with Crippen LogP contribution in [0.15, 0.2) is 0 Å². The summed E-state index contributed by atoms with van der Waals surface area (Å²) in [5.41, 5.74) is 0. The highest BCUT2D eigenvalue weighted by Gasteiger charge is 2.39. The molecule has 2 aliphatic rings. The van der Waals surface area contributed by atoms with E-state index in [0.29, 0.717) is 32.5 Å². The molecule has 0 aromatic rings. The molecule has 2 atom stereocenters. The Kier molecular flexibility index (Phi) is 4.99. The van der Waals surface area contributed by atoms with Crippen LogP contribution in [0.25, 0.3) is 0 Å². The molecule has 6 nitrogen and oxygen atoms in total. The van der Waals surface area contributed by atoms with Crippen molar-refractivity contribution in [1.29, 1.82) is 0 Å². The van der Waals surface area contributed by atoms with Gasteiger partial charge < -0.3 is 5.11 Å². The van der Waals surface area contributed by atoms with Crippen molar-refractivity contribution >= 4 is 27.9 Å². The molecule has 1 N–H and O–H groups in total. The van der Waals surface area contributed by atoms with Crippen LogP contribution in [-0.4, -0.2) is 64.8 Å². The summed E-state index contributed by atoms with van der Waals surface area (Å²) in [4.78, 5) is 10.9. The van der Waals surface area contributed by atoms with Gasteiger partial charge in [0.1, 0.15) is 0 Å². The molecule has 2 saturated heterocycles. The Balaban J connectivity index is 2.06. The summed E-state index contributed by atoms with van der Waals surface area (Å²) in [5, 5.41) is 9.26. The summed E-state index contributed by atoms with van der Waals surface area (Å²) in [6.45, 7) is 5.15. The third-order valence-corrected chi connectivity index (χ3v) is 7.72. The van der Waals surface area contributed by atoms with E-state index >= 15 is 0 Å². The molecule has 0 amide bonds. The highest BCUT2D eigenvalue weighted by Crippen LogP contribution is 2.29. The standard InChI is InChI=1S/C12H22N2O4S2/c1-9-10(2)19-8-7-14(9)20(17,18)13-5-3-11(4-6-13)12(15)16/h9-11H,3-8H2,1-2H3,(H,15,16). The van der Waals surface area contributed by atoms with E-state index in [2.05, 4.69) is 0 Å². The van der Waals surface area contributed by atoms with Gasteiger partial charge in [-0.25, -0.2) is 0 Å². The fraction of sp³-hybridized carbons (Fsp3) is 0.917. The number of rotatable bonds is 3. The lowest BCUT2D eigenvalue weighted by Gasteiger charge is -2.40. The Morgan fingerprint density at radius 2 is 1.80 bits per heavy atom. The molecule has 0 saturated carbocycles. The van der Waals surface area contributed by atoms with Gasteiger partial charge in [-0.2, -0.15) is 28.8 Å². The first-order valence-corrected chi connectivity index (χ1v) is 9.40. The van der Waals surface area contributed by atoms with E-state index in [9.17, 15) is 13.2 Å². The predicted molar refractivity (Wildman–Crippen MR) is 78.9 cm³/mol. The number of carbonyl (C=O) groups is 1. The number of nitrogens with zero attached hydrogens (tertiary/aromatic N) is 2. The van der Waals surface area contributed by atoms with Crippen LogP contribution in [0.4, 0.5) is 0 Å². The van der Waals surface area contributed by atoms with E-state index in [1.165, 1.54) is 4.31 Å². The first-order chi connectivity index (χ1) is 9.34. The lowest BCUT2D eigenvalue weighted by atomic mass is 9.99. The zero-order chi connectivity index (χ0) is 14.9. The molecule has 2 aliphatic heterocycles. The molecule has 0 bridgehead atoms. The second-order valence-electron chi connectivity index (χ2n) is 5.45. The van der Waals surface area contributed by atoms with E-state index in [0.717, 1.165) is 5.75 Å². The van der Waals surface area contributed by atoms with Gasteiger partial charge in [0, 0.05) is 36.7 Å². The van der Waals surface area contributed by atoms with E-state index < -0.39 is 22.1 Å². The minimum absolute atomic E-state index is 0.0176.